The summed E-state index contributed by atoms with van der Waals surface area (Å²) in [4.78, 5) is 42.1. The highest BCUT2D eigenvalue weighted by molar-refractivity contribution is 7.22. The topological polar surface area (TPSA) is 40.6 Å². The van der Waals surface area contributed by atoms with Crippen LogP contribution in [0.3, 0.4) is 0 Å². The lowest BCUT2D eigenvalue weighted by molar-refractivity contribution is -0.124. The molecule has 0 saturated carbocycles. The second-order valence-corrected chi connectivity index (χ2v) is 22.0. The van der Waals surface area contributed by atoms with E-state index < -0.39 is 0 Å². The monoisotopic (exact) mass is 912 g/mol. The van der Waals surface area contributed by atoms with Crippen LogP contribution in [0.15, 0.2) is 58.3 Å². The summed E-state index contributed by atoms with van der Waals surface area (Å²) in [5.74, 6) is 0.782. The summed E-state index contributed by atoms with van der Waals surface area (Å²) in [5.41, 5.74) is 5.85. The summed E-state index contributed by atoms with van der Waals surface area (Å²) in [6.45, 7) is 14.9. The minimum atomic E-state index is 0.0158. The van der Waals surface area contributed by atoms with Crippen molar-refractivity contribution in [2.45, 2.75) is 183 Å². The van der Waals surface area contributed by atoms with Crippen molar-refractivity contribution in [1.29, 1.82) is 0 Å². The first-order valence-electron chi connectivity index (χ1n) is 24.8. The fraction of sp³-hybridized carbons (Fsp3) is 0.593. The van der Waals surface area contributed by atoms with E-state index in [1.54, 1.807) is 22.7 Å². The Morgan fingerprint density at radius 1 is 0.452 bits per heavy atom. The summed E-state index contributed by atoms with van der Waals surface area (Å²) < 4.78 is 0. The van der Waals surface area contributed by atoms with Gasteiger partial charge in [0.2, 0.25) is 0 Å². The number of fused-ring (bicyclic) bond motifs is 1. The van der Waals surface area contributed by atoms with Gasteiger partial charge in [0.25, 0.3) is 11.8 Å². The lowest BCUT2D eigenvalue weighted by Gasteiger charge is -2.29. The Bertz CT molecular complexity index is 1930. The maximum atomic E-state index is 15.4. The van der Waals surface area contributed by atoms with Gasteiger partial charge in [0.05, 0.1) is 32.3 Å². The van der Waals surface area contributed by atoms with Gasteiger partial charge in [0, 0.05) is 32.6 Å². The standard InChI is InChI=1S/C54H76N2O2S4/c1-7-13-17-19-21-23-27-41-33-35-59-51(41)45-31-29-43(61-45)49-47-48(54(58)55(49)37-39(11-5)25-15-9-3)50(56(53(47)57)38-40(12-6)26-16-10-4)44-30-32-46(62-44)52-42(34-36-60-52)28-24-22-20-18-14-8-2/h29-36,39-40H,7-28,37-38H2,1-6H3. The zero-order valence-corrected chi connectivity index (χ0v) is 42.4. The smallest absolute Gasteiger partial charge is 0.261 e. The molecule has 0 aromatic carbocycles. The molecule has 6 heterocycles. The summed E-state index contributed by atoms with van der Waals surface area (Å²) in [6.07, 6.45) is 26.5. The summed E-state index contributed by atoms with van der Waals surface area (Å²) >= 11 is 7.21. The maximum Gasteiger partial charge on any atom is 0.261 e. The van der Waals surface area contributed by atoms with Gasteiger partial charge < -0.3 is 9.80 Å². The molecule has 0 saturated heterocycles. The van der Waals surface area contributed by atoms with Gasteiger partial charge in [0.1, 0.15) is 0 Å². The number of aryl methyl sites for hydroxylation is 2. The molecule has 0 fully saturated rings. The Hall–Kier alpha value is -2.78. The number of carbonyl (C=O) groups excluding carboxylic acids is 2. The Morgan fingerprint density at radius 3 is 1.21 bits per heavy atom. The van der Waals surface area contributed by atoms with E-state index in [2.05, 4.69) is 88.7 Å². The highest BCUT2D eigenvalue weighted by atomic mass is 32.1. The molecule has 2 amide bonds. The number of unbranched alkanes of at least 4 members (excludes halogenated alkanes) is 12. The molecule has 0 aliphatic carbocycles. The Kier molecular flexibility index (Phi) is 19.7. The zero-order chi connectivity index (χ0) is 43.8. The van der Waals surface area contributed by atoms with Crippen LogP contribution in [0.4, 0.5) is 0 Å². The first-order valence-corrected chi connectivity index (χ1v) is 28.2. The molecule has 338 valence electrons. The molecule has 2 aliphatic heterocycles. The minimum Gasteiger partial charge on any atom is -0.306 e. The molecule has 4 aromatic rings. The second-order valence-electron chi connectivity index (χ2n) is 18.0. The highest BCUT2D eigenvalue weighted by Gasteiger charge is 2.50. The quantitative estimate of drug-likeness (QED) is 0.0489. The van der Waals surface area contributed by atoms with Crippen LogP contribution in [0.5, 0.6) is 0 Å². The largest absolute Gasteiger partial charge is 0.306 e. The molecule has 6 rings (SSSR count). The number of nitrogens with zero attached hydrogens (tertiary/aromatic N) is 2. The van der Waals surface area contributed by atoms with E-state index in [1.165, 1.54) is 108 Å². The van der Waals surface area contributed by atoms with Crippen molar-refractivity contribution >= 4 is 68.6 Å². The van der Waals surface area contributed by atoms with Crippen molar-refractivity contribution in [3.05, 3.63) is 79.2 Å². The van der Waals surface area contributed by atoms with E-state index in [0.29, 0.717) is 36.1 Å². The van der Waals surface area contributed by atoms with Crippen molar-refractivity contribution in [2.75, 3.05) is 13.1 Å². The van der Waals surface area contributed by atoms with Gasteiger partial charge in [0.15, 0.2) is 0 Å². The molecule has 2 unspecified atom stereocenters. The average molecular weight is 913 g/mol. The fourth-order valence-electron chi connectivity index (χ4n) is 9.47. The predicted octanol–water partition coefficient (Wildman–Crippen LogP) is 17.3. The first-order chi connectivity index (χ1) is 30.4. The average Bonchev–Trinajstić information content (AvgIpc) is 4.15. The predicted molar refractivity (Wildman–Crippen MR) is 273 cm³/mol. The van der Waals surface area contributed by atoms with Gasteiger partial charge in [-0.05, 0) is 109 Å². The molecule has 0 bridgehead atoms. The molecule has 62 heavy (non-hydrogen) atoms. The van der Waals surface area contributed by atoms with Gasteiger partial charge >= 0.3 is 0 Å². The number of hydrogen-bond donors (Lipinski definition) is 0. The van der Waals surface area contributed by atoms with Gasteiger partial charge in [-0.2, -0.15) is 0 Å². The molecule has 0 spiro atoms. The van der Waals surface area contributed by atoms with E-state index in [1.807, 2.05) is 32.5 Å². The van der Waals surface area contributed by atoms with E-state index >= 15 is 9.59 Å². The van der Waals surface area contributed by atoms with E-state index in [9.17, 15) is 0 Å². The molecule has 0 radical (unpaired) electrons. The van der Waals surface area contributed by atoms with Crippen LogP contribution in [-0.4, -0.2) is 34.7 Å². The van der Waals surface area contributed by atoms with Gasteiger partial charge in [-0.25, -0.2) is 0 Å². The number of carbonyl (C=O) groups is 2. The second kappa shape index (κ2) is 25.1. The van der Waals surface area contributed by atoms with Crippen LogP contribution in [-0.2, 0) is 22.4 Å². The van der Waals surface area contributed by atoms with E-state index in [4.69, 9.17) is 0 Å². The summed E-state index contributed by atoms with van der Waals surface area (Å²) in [7, 11) is 0. The van der Waals surface area contributed by atoms with Crippen LogP contribution in [0.2, 0.25) is 0 Å². The molecule has 4 aromatic heterocycles. The van der Waals surface area contributed by atoms with Crippen LogP contribution < -0.4 is 0 Å². The van der Waals surface area contributed by atoms with Crippen molar-refractivity contribution in [3.63, 3.8) is 0 Å². The normalized spacial score (nSPS) is 15.3. The lowest BCUT2D eigenvalue weighted by Crippen LogP contribution is -2.34. The van der Waals surface area contributed by atoms with Gasteiger partial charge in [-0.15, -0.1) is 45.3 Å². The molecular weight excluding hydrogens is 837 g/mol. The third-order valence-corrected chi connectivity index (χ3v) is 17.8. The van der Waals surface area contributed by atoms with E-state index in [-0.39, 0.29) is 11.8 Å². The Labute approximate surface area is 391 Å². The van der Waals surface area contributed by atoms with Crippen molar-refractivity contribution in [1.82, 2.24) is 9.80 Å². The summed E-state index contributed by atoms with van der Waals surface area (Å²) in [6, 6.07) is 13.6. The molecule has 0 N–H and O–H groups in total. The lowest BCUT2D eigenvalue weighted by atomic mass is 9.98. The minimum absolute atomic E-state index is 0.0158. The fourth-order valence-corrected chi connectivity index (χ4v) is 13.8. The summed E-state index contributed by atoms with van der Waals surface area (Å²) in [5, 5.41) is 4.48. The maximum absolute atomic E-state index is 15.4. The SMILES string of the molecule is CCCCCCCCc1ccsc1-c1ccc(C2=C3C(=O)N(CC(CC)CCCC)C(c4ccc(-c5sccc5CCCCCCCC)s4)=C3C(=O)N2CC(CC)CCCC)s1. The molecule has 8 heteroatoms. The number of amides is 2. The number of thiophene rings is 4. The highest BCUT2D eigenvalue weighted by Crippen LogP contribution is 2.51. The van der Waals surface area contributed by atoms with Crippen LogP contribution in [0, 0.1) is 11.8 Å². The zero-order valence-electron chi connectivity index (χ0n) is 39.1. The van der Waals surface area contributed by atoms with Crippen molar-refractivity contribution < 1.29 is 9.59 Å². The Balaban J connectivity index is 1.40. The number of hydrogen-bond acceptors (Lipinski definition) is 6. The van der Waals surface area contributed by atoms with Gasteiger partial charge in [-0.3, -0.25) is 9.59 Å². The van der Waals surface area contributed by atoms with Crippen LogP contribution >= 0.6 is 45.3 Å². The molecular formula is C54H76N2O2S4. The molecule has 2 aliphatic rings. The molecule has 2 atom stereocenters. The molecule has 4 nitrogen and oxygen atoms in total. The van der Waals surface area contributed by atoms with Crippen LogP contribution in [0.25, 0.3) is 30.9 Å². The number of rotatable bonds is 30. The van der Waals surface area contributed by atoms with Crippen LogP contribution in [0.1, 0.15) is 191 Å². The third-order valence-electron chi connectivity index (χ3n) is 13.4. The Morgan fingerprint density at radius 2 is 0.823 bits per heavy atom. The van der Waals surface area contributed by atoms with E-state index in [0.717, 1.165) is 85.4 Å². The third kappa shape index (κ3) is 11.9. The van der Waals surface area contributed by atoms with Crippen molar-refractivity contribution in [3.8, 4) is 19.5 Å². The first kappa shape index (κ1) is 48.7. The van der Waals surface area contributed by atoms with Gasteiger partial charge in [-0.1, -0.05) is 144 Å². The van der Waals surface area contributed by atoms with Crippen molar-refractivity contribution in [2.24, 2.45) is 11.8 Å².